The summed E-state index contributed by atoms with van der Waals surface area (Å²) in [6.45, 7) is -0.302. The highest BCUT2D eigenvalue weighted by Gasteiger charge is 2.19. The van der Waals surface area contributed by atoms with Gasteiger partial charge in [-0.3, -0.25) is 9.59 Å². The van der Waals surface area contributed by atoms with Gasteiger partial charge >= 0.3 is 5.97 Å². The van der Waals surface area contributed by atoms with Crippen LogP contribution in [-0.4, -0.2) is 30.5 Å². The molecule has 182 valence electrons. The summed E-state index contributed by atoms with van der Waals surface area (Å²) in [5.74, 6) is -1.30. The number of esters is 1. The van der Waals surface area contributed by atoms with Crippen LogP contribution in [0.1, 0.15) is 25.6 Å². The minimum absolute atomic E-state index is 0.234. The zero-order valence-electron chi connectivity index (χ0n) is 18.3. The fourth-order valence-electron chi connectivity index (χ4n) is 3.08. The highest BCUT2D eigenvalue weighted by molar-refractivity contribution is 7.21. The van der Waals surface area contributed by atoms with E-state index in [1.807, 2.05) is 24.3 Å². The van der Waals surface area contributed by atoms with Crippen LogP contribution in [0.25, 0.3) is 10.1 Å². The fraction of sp³-hybridized carbons (Fsp3) is 0.0400. The molecule has 2 N–H and O–H groups in total. The van der Waals surface area contributed by atoms with Crippen LogP contribution < -0.4 is 15.5 Å². The third-order valence-corrected chi connectivity index (χ3v) is 7.18. The van der Waals surface area contributed by atoms with Gasteiger partial charge in [0.25, 0.3) is 11.8 Å². The molecule has 0 bridgehead atoms. The first kappa shape index (κ1) is 25.7. The lowest BCUT2D eigenvalue weighted by atomic mass is 10.2. The first-order valence-electron chi connectivity index (χ1n) is 10.4. The van der Waals surface area contributed by atoms with Crippen molar-refractivity contribution in [1.82, 2.24) is 10.7 Å². The van der Waals surface area contributed by atoms with E-state index in [-0.39, 0.29) is 22.9 Å². The monoisotopic (exact) mass is 559 g/mol. The SMILES string of the molecule is O=C(CNC(=O)c1ccc(Cl)c(Cl)c1)N/N=C\c1cccc(OC(=O)c2sc3ccccc3c2Cl)c1. The molecule has 1 heterocycles. The molecule has 2 amide bonds. The van der Waals surface area contributed by atoms with E-state index in [1.165, 1.54) is 35.8 Å². The first-order valence-corrected chi connectivity index (χ1v) is 12.3. The summed E-state index contributed by atoms with van der Waals surface area (Å²) in [5.41, 5.74) is 3.15. The van der Waals surface area contributed by atoms with Crippen LogP contribution >= 0.6 is 46.1 Å². The second kappa shape index (κ2) is 11.5. The van der Waals surface area contributed by atoms with Gasteiger partial charge in [-0.2, -0.15) is 5.10 Å². The number of halogens is 3. The molecule has 0 aliphatic heterocycles. The molecule has 0 saturated carbocycles. The normalized spacial score (nSPS) is 11.0. The molecule has 0 saturated heterocycles. The highest BCUT2D eigenvalue weighted by Crippen LogP contribution is 2.35. The average molecular weight is 561 g/mol. The van der Waals surface area contributed by atoms with Crippen molar-refractivity contribution in [2.75, 3.05) is 6.54 Å². The largest absolute Gasteiger partial charge is 0.422 e. The minimum Gasteiger partial charge on any atom is -0.422 e. The number of rotatable bonds is 7. The molecule has 3 aromatic carbocycles. The second-order valence-corrected chi connectivity index (χ2v) is 9.55. The summed E-state index contributed by atoms with van der Waals surface area (Å²) in [4.78, 5) is 37.1. The van der Waals surface area contributed by atoms with E-state index in [0.29, 0.717) is 20.5 Å². The summed E-state index contributed by atoms with van der Waals surface area (Å²) in [6, 6.07) is 18.4. The maximum absolute atomic E-state index is 12.6. The maximum atomic E-state index is 12.6. The van der Waals surface area contributed by atoms with E-state index in [2.05, 4.69) is 15.8 Å². The van der Waals surface area contributed by atoms with Crippen LogP contribution in [0.3, 0.4) is 0 Å². The zero-order valence-corrected chi connectivity index (χ0v) is 21.3. The molecule has 0 spiro atoms. The molecule has 36 heavy (non-hydrogen) atoms. The van der Waals surface area contributed by atoms with E-state index in [1.54, 1.807) is 24.3 Å². The van der Waals surface area contributed by atoms with Crippen molar-refractivity contribution in [2.24, 2.45) is 5.10 Å². The maximum Gasteiger partial charge on any atom is 0.355 e. The quantitative estimate of drug-likeness (QED) is 0.126. The topological polar surface area (TPSA) is 96.9 Å². The van der Waals surface area contributed by atoms with Gasteiger partial charge in [-0.25, -0.2) is 10.2 Å². The Morgan fingerprint density at radius 2 is 1.75 bits per heavy atom. The van der Waals surface area contributed by atoms with Crippen molar-refractivity contribution < 1.29 is 19.1 Å². The van der Waals surface area contributed by atoms with Crippen molar-refractivity contribution in [3.8, 4) is 5.75 Å². The number of hydrazone groups is 1. The van der Waals surface area contributed by atoms with Gasteiger partial charge in [-0.15, -0.1) is 11.3 Å². The number of fused-ring (bicyclic) bond motifs is 1. The van der Waals surface area contributed by atoms with Crippen molar-refractivity contribution >= 4 is 80.2 Å². The molecular formula is C25H16Cl3N3O4S. The summed E-state index contributed by atoms with van der Waals surface area (Å²) >= 11 is 19.3. The Hall–Kier alpha value is -3.43. The summed E-state index contributed by atoms with van der Waals surface area (Å²) in [7, 11) is 0. The van der Waals surface area contributed by atoms with Crippen molar-refractivity contribution in [3.05, 3.63) is 97.8 Å². The third-order valence-electron chi connectivity index (χ3n) is 4.78. The van der Waals surface area contributed by atoms with Gasteiger partial charge in [0.05, 0.1) is 27.8 Å². The van der Waals surface area contributed by atoms with Gasteiger partial charge in [0.1, 0.15) is 10.6 Å². The number of hydrogen-bond donors (Lipinski definition) is 2. The average Bonchev–Trinajstić information content (AvgIpc) is 3.21. The number of thiophene rings is 1. The Morgan fingerprint density at radius 3 is 2.53 bits per heavy atom. The first-order chi connectivity index (χ1) is 17.3. The Labute approximate surface area is 224 Å². The van der Waals surface area contributed by atoms with Crippen molar-refractivity contribution in [2.45, 2.75) is 0 Å². The molecule has 0 aliphatic rings. The van der Waals surface area contributed by atoms with Crippen LogP contribution in [0.4, 0.5) is 0 Å². The predicted molar refractivity (Wildman–Crippen MR) is 143 cm³/mol. The van der Waals surface area contributed by atoms with Gasteiger partial charge < -0.3 is 10.1 Å². The lowest BCUT2D eigenvalue weighted by molar-refractivity contribution is -0.120. The summed E-state index contributed by atoms with van der Waals surface area (Å²) < 4.78 is 6.36. The molecule has 0 aliphatic carbocycles. The van der Waals surface area contributed by atoms with Gasteiger partial charge in [-0.1, -0.05) is 65.1 Å². The van der Waals surface area contributed by atoms with Crippen LogP contribution in [0.15, 0.2) is 71.8 Å². The lowest BCUT2D eigenvalue weighted by Crippen LogP contribution is -2.34. The highest BCUT2D eigenvalue weighted by atomic mass is 35.5. The van der Waals surface area contributed by atoms with Gasteiger partial charge in [0, 0.05) is 15.6 Å². The number of carbonyl (C=O) groups excluding carboxylic acids is 3. The minimum atomic E-state index is -0.568. The van der Waals surface area contributed by atoms with E-state index >= 15 is 0 Å². The van der Waals surface area contributed by atoms with Gasteiger partial charge in [0.15, 0.2) is 0 Å². The van der Waals surface area contributed by atoms with Crippen LogP contribution in [-0.2, 0) is 4.79 Å². The van der Waals surface area contributed by atoms with Crippen molar-refractivity contribution in [3.63, 3.8) is 0 Å². The molecule has 7 nitrogen and oxygen atoms in total. The Morgan fingerprint density at radius 1 is 0.944 bits per heavy atom. The van der Waals surface area contributed by atoms with Crippen LogP contribution in [0, 0.1) is 0 Å². The number of hydrogen-bond acceptors (Lipinski definition) is 6. The third kappa shape index (κ3) is 6.22. The van der Waals surface area contributed by atoms with E-state index in [0.717, 1.165) is 10.1 Å². The summed E-state index contributed by atoms with van der Waals surface area (Å²) in [5, 5.41) is 8.03. The second-order valence-electron chi connectivity index (χ2n) is 7.31. The van der Waals surface area contributed by atoms with E-state index in [4.69, 9.17) is 39.5 Å². The predicted octanol–water partition coefficient (Wildman–Crippen LogP) is 5.96. The Balaban J connectivity index is 1.31. The number of carbonyl (C=O) groups is 3. The van der Waals surface area contributed by atoms with Crippen LogP contribution in [0.2, 0.25) is 15.1 Å². The molecule has 0 radical (unpaired) electrons. The molecule has 11 heteroatoms. The number of ether oxygens (including phenoxy) is 1. The van der Waals surface area contributed by atoms with Crippen LogP contribution in [0.5, 0.6) is 5.75 Å². The van der Waals surface area contributed by atoms with E-state index < -0.39 is 17.8 Å². The number of amides is 2. The molecular weight excluding hydrogens is 545 g/mol. The Bertz CT molecular complexity index is 1500. The zero-order chi connectivity index (χ0) is 25.7. The fourth-order valence-corrected chi connectivity index (χ4v) is 4.76. The molecule has 4 rings (SSSR count). The molecule has 0 fully saturated rings. The lowest BCUT2D eigenvalue weighted by Gasteiger charge is -2.05. The van der Waals surface area contributed by atoms with Gasteiger partial charge in [0.2, 0.25) is 0 Å². The summed E-state index contributed by atoms with van der Waals surface area (Å²) in [6.07, 6.45) is 1.38. The van der Waals surface area contributed by atoms with Crippen molar-refractivity contribution in [1.29, 1.82) is 0 Å². The standard InChI is InChI=1S/C25H16Cl3N3O4S/c26-18-9-8-15(11-19(18)27)24(33)29-13-21(32)31-30-12-14-4-3-5-16(10-14)35-25(34)23-22(28)17-6-1-2-7-20(17)36-23/h1-12H,13H2,(H,29,33)(H,31,32)/b30-12-. The van der Waals surface area contributed by atoms with E-state index in [9.17, 15) is 14.4 Å². The molecule has 0 unspecified atom stereocenters. The number of nitrogens with zero attached hydrogens (tertiary/aromatic N) is 1. The molecule has 0 atom stereocenters. The smallest absolute Gasteiger partial charge is 0.355 e. The molecule has 4 aromatic rings. The van der Waals surface area contributed by atoms with Gasteiger partial charge in [-0.05, 0) is 42.0 Å². The number of nitrogens with one attached hydrogen (secondary N) is 2. The number of benzene rings is 3. The Kier molecular flexibility index (Phi) is 8.22. The molecule has 1 aromatic heterocycles.